The summed E-state index contributed by atoms with van der Waals surface area (Å²) in [5, 5.41) is 4.49. The second-order valence-corrected chi connectivity index (χ2v) is 6.78. The molecule has 0 aliphatic carbocycles. The van der Waals surface area contributed by atoms with E-state index in [0.717, 1.165) is 31.6 Å². The summed E-state index contributed by atoms with van der Waals surface area (Å²) in [6.45, 7) is 5.14. The van der Waals surface area contributed by atoms with Crippen molar-refractivity contribution in [2.24, 2.45) is 0 Å². The van der Waals surface area contributed by atoms with E-state index in [4.69, 9.17) is 11.6 Å². The number of nitrogens with zero attached hydrogens (tertiary/aromatic N) is 2. The minimum atomic E-state index is -4.55. The quantitative estimate of drug-likeness (QED) is 0.774. The molecule has 2 aromatic rings. The summed E-state index contributed by atoms with van der Waals surface area (Å²) in [4.78, 5) is 6.13. The van der Waals surface area contributed by atoms with Gasteiger partial charge >= 0.3 is 6.18 Å². The molecule has 134 valence electrons. The molecule has 2 heterocycles. The van der Waals surface area contributed by atoms with Gasteiger partial charge < -0.3 is 10.2 Å². The molecule has 1 N–H and O–H groups in total. The predicted octanol–water partition coefficient (Wildman–Crippen LogP) is 4.97. The van der Waals surface area contributed by atoms with E-state index in [-0.39, 0.29) is 16.9 Å². The molecule has 1 saturated heterocycles. The standard InChI is InChI=1S/C18H19ClF3N3/c1-11(18(20,21)22)17-13-4-3-5-15(14(13)10-16(19)24-17)23-12-6-8-25(2)9-7-12/h3-5,10,12,23H,1,6-9H2,2H3. The van der Waals surface area contributed by atoms with Gasteiger partial charge in [0, 0.05) is 22.5 Å². The van der Waals surface area contributed by atoms with Gasteiger partial charge in [-0.1, -0.05) is 30.3 Å². The SMILES string of the molecule is C=C(c1nc(Cl)cc2c(NC3CCN(C)CC3)cccc12)C(F)(F)F. The Labute approximate surface area is 149 Å². The first-order valence-electron chi connectivity index (χ1n) is 8.06. The van der Waals surface area contributed by atoms with Gasteiger partial charge in [0.25, 0.3) is 0 Å². The van der Waals surface area contributed by atoms with E-state index < -0.39 is 11.7 Å². The largest absolute Gasteiger partial charge is 0.417 e. The minimum Gasteiger partial charge on any atom is -0.382 e. The Bertz CT molecular complexity index is 796. The smallest absolute Gasteiger partial charge is 0.382 e. The van der Waals surface area contributed by atoms with Crippen molar-refractivity contribution in [2.45, 2.75) is 25.1 Å². The third-order valence-electron chi connectivity index (χ3n) is 4.55. The van der Waals surface area contributed by atoms with Gasteiger partial charge in [-0.2, -0.15) is 13.2 Å². The zero-order valence-electron chi connectivity index (χ0n) is 13.8. The zero-order valence-corrected chi connectivity index (χ0v) is 14.6. The molecule has 1 aliphatic rings. The van der Waals surface area contributed by atoms with Crippen molar-refractivity contribution in [2.75, 3.05) is 25.5 Å². The molecule has 0 radical (unpaired) electrons. The second kappa shape index (κ2) is 6.84. The van der Waals surface area contributed by atoms with E-state index in [1.54, 1.807) is 18.2 Å². The van der Waals surface area contributed by atoms with Gasteiger partial charge in [-0.3, -0.25) is 0 Å². The number of nitrogens with one attached hydrogen (secondary N) is 1. The van der Waals surface area contributed by atoms with Gasteiger partial charge in [-0.25, -0.2) is 4.98 Å². The number of benzene rings is 1. The Morgan fingerprint density at radius 1 is 1.28 bits per heavy atom. The fourth-order valence-electron chi connectivity index (χ4n) is 3.11. The molecule has 3 nitrogen and oxygen atoms in total. The van der Waals surface area contributed by atoms with Crippen LogP contribution in [0.4, 0.5) is 18.9 Å². The molecular weight excluding hydrogens is 351 g/mol. The van der Waals surface area contributed by atoms with E-state index in [1.807, 2.05) is 6.07 Å². The number of hydrogen-bond donors (Lipinski definition) is 1. The molecule has 0 saturated carbocycles. The summed E-state index contributed by atoms with van der Waals surface area (Å²) in [7, 11) is 2.08. The van der Waals surface area contributed by atoms with Gasteiger partial charge in [0.1, 0.15) is 5.15 Å². The number of piperidine rings is 1. The molecular formula is C18H19ClF3N3. The maximum Gasteiger partial charge on any atom is 0.417 e. The van der Waals surface area contributed by atoms with Crippen molar-refractivity contribution in [3.8, 4) is 0 Å². The molecule has 3 rings (SSSR count). The number of rotatable bonds is 3. The Morgan fingerprint density at radius 2 is 1.96 bits per heavy atom. The van der Waals surface area contributed by atoms with Crippen molar-refractivity contribution >= 4 is 33.6 Å². The summed E-state index contributed by atoms with van der Waals surface area (Å²) >= 11 is 6.00. The maximum atomic E-state index is 13.1. The van der Waals surface area contributed by atoms with E-state index >= 15 is 0 Å². The highest BCUT2D eigenvalue weighted by Gasteiger charge is 2.35. The predicted molar refractivity (Wildman–Crippen MR) is 96.0 cm³/mol. The van der Waals surface area contributed by atoms with Crippen molar-refractivity contribution in [1.29, 1.82) is 0 Å². The summed E-state index contributed by atoms with van der Waals surface area (Å²) in [5.41, 5.74) is -0.439. The Balaban J connectivity index is 2.01. The van der Waals surface area contributed by atoms with Crippen LogP contribution in [-0.4, -0.2) is 42.2 Å². The average molecular weight is 370 g/mol. The zero-order chi connectivity index (χ0) is 18.2. The van der Waals surface area contributed by atoms with Crippen LogP contribution in [0.5, 0.6) is 0 Å². The Hall–Kier alpha value is -1.79. The lowest BCUT2D eigenvalue weighted by atomic mass is 10.0. The van der Waals surface area contributed by atoms with Crippen molar-refractivity contribution in [1.82, 2.24) is 9.88 Å². The molecule has 7 heteroatoms. The number of halogens is 4. The topological polar surface area (TPSA) is 28.2 Å². The van der Waals surface area contributed by atoms with Gasteiger partial charge in [-0.15, -0.1) is 0 Å². The monoisotopic (exact) mass is 369 g/mol. The molecule has 1 fully saturated rings. The molecule has 0 amide bonds. The molecule has 1 aliphatic heterocycles. The number of alkyl halides is 3. The highest BCUT2D eigenvalue weighted by molar-refractivity contribution is 6.30. The minimum absolute atomic E-state index is 0.0190. The number of pyridine rings is 1. The molecule has 25 heavy (non-hydrogen) atoms. The first-order valence-corrected chi connectivity index (χ1v) is 8.44. The van der Waals surface area contributed by atoms with Gasteiger partial charge in [-0.05, 0) is 45.1 Å². The molecule has 0 bridgehead atoms. The van der Waals surface area contributed by atoms with Crippen LogP contribution in [0.2, 0.25) is 5.15 Å². The summed E-state index contributed by atoms with van der Waals surface area (Å²) in [5.74, 6) is 0. The van der Waals surface area contributed by atoms with Crippen molar-refractivity contribution < 1.29 is 13.2 Å². The van der Waals surface area contributed by atoms with E-state index in [9.17, 15) is 13.2 Å². The normalized spacial score (nSPS) is 17.0. The molecule has 0 spiro atoms. The first-order chi connectivity index (χ1) is 11.8. The fourth-order valence-corrected chi connectivity index (χ4v) is 3.30. The average Bonchev–Trinajstić information content (AvgIpc) is 2.55. The van der Waals surface area contributed by atoms with Crippen LogP contribution in [0.3, 0.4) is 0 Å². The Morgan fingerprint density at radius 3 is 2.60 bits per heavy atom. The summed E-state index contributed by atoms with van der Waals surface area (Å²) < 4.78 is 39.3. The van der Waals surface area contributed by atoms with Crippen LogP contribution < -0.4 is 5.32 Å². The number of aromatic nitrogens is 1. The molecule has 1 aromatic carbocycles. The van der Waals surface area contributed by atoms with Gasteiger partial charge in [0.05, 0.1) is 11.3 Å². The van der Waals surface area contributed by atoms with Crippen molar-refractivity contribution in [3.63, 3.8) is 0 Å². The lowest BCUT2D eigenvalue weighted by Crippen LogP contribution is -2.36. The van der Waals surface area contributed by atoms with Crippen LogP contribution >= 0.6 is 11.6 Å². The Kier molecular flexibility index (Phi) is 4.93. The van der Waals surface area contributed by atoms with Crippen molar-refractivity contribution in [3.05, 3.63) is 41.7 Å². The highest BCUT2D eigenvalue weighted by atomic mass is 35.5. The summed E-state index contributed by atoms with van der Waals surface area (Å²) in [6.07, 6.45) is -2.59. The third kappa shape index (κ3) is 3.90. The number of hydrogen-bond acceptors (Lipinski definition) is 3. The van der Waals surface area contributed by atoms with Gasteiger partial charge in [0.2, 0.25) is 0 Å². The van der Waals surface area contributed by atoms with Crippen LogP contribution in [0.15, 0.2) is 30.8 Å². The molecule has 0 atom stereocenters. The third-order valence-corrected chi connectivity index (χ3v) is 4.74. The van der Waals surface area contributed by atoms with Gasteiger partial charge in [0.15, 0.2) is 0 Å². The molecule has 0 unspecified atom stereocenters. The van der Waals surface area contributed by atoms with E-state index in [0.29, 0.717) is 10.8 Å². The van der Waals surface area contributed by atoms with Crippen LogP contribution in [-0.2, 0) is 0 Å². The first kappa shape index (κ1) is 18.0. The number of allylic oxidation sites excluding steroid dienone is 1. The fraction of sp³-hybridized carbons (Fsp3) is 0.389. The summed E-state index contributed by atoms with van der Waals surface area (Å²) in [6, 6.07) is 7.08. The number of fused-ring (bicyclic) bond motifs is 1. The van der Waals surface area contributed by atoms with E-state index in [1.165, 1.54) is 0 Å². The maximum absolute atomic E-state index is 13.1. The highest BCUT2D eigenvalue weighted by Crippen LogP contribution is 2.37. The van der Waals surface area contributed by atoms with Crippen LogP contribution in [0.25, 0.3) is 16.3 Å². The lowest BCUT2D eigenvalue weighted by molar-refractivity contribution is -0.0688. The lowest BCUT2D eigenvalue weighted by Gasteiger charge is -2.30. The second-order valence-electron chi connectivity index (χ2n) is 6.39. The van der Waals surface area contributed by atoms with Crippen LogP contribution in [0, 0.1) is 0 Å². The number of likely N-dealkylation sites (tertiary alicyclic amines) is 1. The van der Waals surface area contributed by atoms with E-state index in [2.05, 4.69) is 28.8 Å². The van der Waals surface area contributed by atoms with Crippen LogP contribution in [0.1, 0.15) is 18.5 Å². The molecule has 1 aromatic heterocycles. The number of anilines is 1.